The molecule has 11 heteroatoms. The van der Waals surface area contributed by atoms with Gasteiger partial charge in [-0.25, -0.2) is 4.98 Å². The Labute approximate surface area is 224 Å². The van der Waals surface area contributed by atoms with E-state index in [4.69, 9.17) is 32.4 Å². The molecular weight excluding hydrogens is 542 g/mol. The van der Waals surface area contributed by atoms with Crippen LogP contribution in [0.5, 0.6) is 5.75 Å². The number of hydrogen-bond donors (Lipinski definition) is 0. The topological polar surface area (TPSA) is 70.2 Å². The van der Waals surface area contributed by atoms with Crippen molar-refractivity contribution in [3.05, 3.63) is 99.7 Å². The van der Waals surface area contributed by atoms with Crippen LogP contribution >= 0.6 is 23.2 Å². The second-order valence-corrected chi connectivity index (χ2v) is 9.07. The van der Waals surface area contributed by atoms with Crippen molar-refractivity contribution in [3.63, 3.8) is 0 Å². The standard InChI is InChI=1S/C27H18Cl2F3N3O3/c1-2-37-17-8-9-21-18(12-17)23(24(36)26-34-13-22(38-26)20-5-3-4-10-33-20)25(27(30,31)32)35(21)14-15-6-7-16(28)11-19(15)29/h3-13H,2,14H2,1H3. The van der Waals surface area contributed by atoms with Gasteiger partial charge in [0, 0.05) is 33.7 Å². The molecule has 0 saturated carbocycles. The smallest absolute Gasteiger partial charge is 0.432 e. The van der Waals surface area contributed by atoms with Gasteiger partial charge < -0.3 is 13.7 Å². The molecule has 194 valence electrons. The van der Waals surface area contributed by atoms with Gasteiger partial charge in [-0.15, -0.1) is 0 Å². The lowest BCUT2D eigenvalue weighted by Crippen LogP contribution is -2.19. The number of ketones is 1. The second kappa shape index (κ2) is 10.2. The molecule has 38 heavy (non-hydrogen) atoms. The van der Waals surface area contributed by atoms with Crippen molar-refractivity contribution >= 4 is 39.9 Å². The van der Waals surface area contributed by atoms with Crippen molar-refractivity contribution in [3.8, 4) is 17.2 Å². The van der Waals surface area contributed by atoms with E-state index in [1.807, 2.05) is 0 Å². The first-order valence-electron chi connectivity index (χ1n) is 11.4. The molecule has 0 amide bonds. The average Bonchev–Trinajstić information content (AvgIpc) is 3.49. The van der Waals surface area contributed by atoms with E-state index in [0.717, 1.165) is 4.57 Å². The number of halogens is 5. The number of pyridine rings is 1. The highest BCUT2D eigenvalue weighted by molar-refractivity contribution is 6.35. The molecule has 6 nitrogen and oxygen atoms in total. The maximum Gasteiger partial charge on any atom is 0.432 e. The molecule has 0 saturated heterocycles. The first-order chi connectivity index (χ1) is 18.2. The number of rotatable bonds is 7. The van der Waals surface area contributed by atoms with E-state index in [-0.39, 0.29) is 34.8 Å². The van der Waals surface area contributed by atoms with Crippen LogP contribution in [0.3, 0.4) is 0 Å². The van der Waals surface area contributed by atoms with Crippen LogP contribution in [0.15, 0.2) is 71.4 Å². The zero-order valence-corrected chi connectivity index (χ0v) is 21.2. The second-order valence-electron chi connectivity index (χ2n) is 8.23. The van der Waals surface area contributed by atoms with Gasteiger partial charge in [-0.05, 0) is 55.0 Å². The third-order valence-corrected chi connectivity index (χ3v) is 6.39. The highest BCUT2D eigenvalue weighted by Crippen LogP contribution is 2.41. The van der Waals surface area contributed by atoms with Gasteiger partial charge in [0.2, 0.25) is 0 Å². The summed E-state index contributed by atoms with van der Waals surface area (Å²) in [5.41, 5.74) is -0.830. The summed E-state index contributed by atoms with van der Waals surface area (Å²) in [5, 5.41) is 0.576. The maximum absolute atomic E-state index is 14.7. The zero-order chi connectivity index (χ0) is 27.0. The van der Waals surface area contributed by atoms with Gasteiger partial charge in [-0.1, -0.05) is 35.3 Å². The number of aromatic nitrogens is 3. The SMILES string of the molecule is CCOc1ccc2c(c1)c(C(=O)c1ncc(-c3ccccn3)o1)c(C(F)(F)F)n2Cc1ccc(Cl)cc1Cl. The Bertz CT molecular complexity index is 1650. The maximum atomic E-state index is 14.7. The van der Waals surface area contributed by atoms with Crippen molar-refractivity contribution in [1.82, 2.24) is 14.5 Å². The number of carbonyl (C=O) groups excluding carboxylic acids is 1. The summed E-state index contributed by atoms with van der Waals surface area (Å²) in [7, 11) is 0. The highest BCUT2D eigenvalue weighted by Gasteiger charge is 2.42. The summed E-state index contributed by atoms with van der Waals surface area (Å²) >= 11 is 12.3. The summed E-state index contributed by atoms with van der Waals surface area (Å²) in [6, 6.07) is 14.0. The molecule has 0 spiro atoms. The summed E-state index contributed by atoms with van der Waals surface area (Å²) in [5.74, 6) is -1.07. The molecule has 5 rings (SSSR count). The number of alkyl halides is 3. The third kappa shape index (κ3) is 4.87. The van der Waals surface area contributed by atoms with E-state index in [0.29, 0.717) is 22.0 Å². The summed E-state index contributed by atoms with van der Waals surface area (Å²) in [6.45, 7) is 1.76. The molecular formula is C27H18Cl2F3N3O3. The Morgan fingerprint density at radius 2 is 1.89 bits per heavy atom. The summed E-state index contributed by atoms with van der Waals surface area (Å²) in [4.78, 5) is 21.8. The minimum Gasteiger partial charge on any atom is -0.494 e. The van der Waals surface area contributed by atoms with Gasteiger partial charge in [0.05, 0.1) is 18.4 Å². The number of carbonyl (C=O) groups is 1. The Balaban J connectivity index is 1.73. The molecule has 0 fully saturated rings. The van der Waals surface area contributed by atoms with Gasteiger partial charge in [-0.3, -0.25) is 9.78 Å². The normalized spacial score (nSPS) is 11.7. The quantitative estimate of drug-likeness (QED) is 0.191. The number of ether oxygens (including phenoxy) is 1. The van der Waals surface area contributed by atoms with Crippen molar-refractivity contribution in [2.24, 2.45) is 0 Å². The third-order valence-electron chi connectivity index (χ3n) is 5.80. The molecule has 0 bridgehead atoms. The van der Waals surface area contributed by atoms with E-state index in [1.165, 1.54) is 36.7 Å². The lowest BCUT2D eigenvalue weighted by atomic mass is 10.1. The number of nitrogens with zero attached hydrogens (tertiary/aromatic N) is 3. The van der Waals surface area contributed by atoms with Crippen LogP contribution in [0.4, 0.5) is 13.2 Å². The molecule has 0 unspecified atom stereocenters. The molecule has 3 aromatic heterocycles. The molecule has 5 aromatic rings. The lowest BCUT2D eigenvalue weighted by molar-refractivity contribution is -0.143. The van der Waals surface area contributed by atoms with Gasteiger partial charge in [0.1, 0.15) is 17.1 Å². The van der Waals surface area contributed by atoms with E-state index < -0.39 is 29.1 Å². The lowest BCUT2D eigenvalue weighted by Gasteiger charge is -2.15. The average molecular weight is 560 g/mol. The van der Waals surface area contributed by atoms with Crippen molar-refractivity contribution < 1.29 is 27.1 Å². The predicted octanol–water partition coefficient (Wildman–Crippen LogP) is 7.69. The van der Waals surface area contributed by atoms with Crippen molar-refractivity contribution in [2.45, 2.75) is 19.6 Å². The highest BCUT2D eigenvalue weighted by atomic mass is 35.5. The first kappa shape index (κ1) is 25.8. The molecule has 0 N–H and O–H groups in total. The predicted molar refractivity (Wildman–Crippen MR) is 137 cm³/mol. The fourth-order valence-electron chi connectivity index (χ4n) is 4.21. The molecule has 3 heterocycles. The fourth-order valence-corrected chi connectivity index (χ4v) is 4.68. The van der Waals surface area contributed by atoms with E-state index in [2.05, 4.69) is 9.97 Å². The van der Waals surface area contributed by atoms with Crippen LogP contribution in [-0.2, 0) is 12.7 Å². The molecule has 0 aliphatic carbocycles. The largest absolute Gasteiger partial charge is 0.494 e. The van der Waals surface area contributed by atoms with E-state index in [9.17, 15) is 18.0 Å². The van der Waals surface area contributed by atoms with Gasteiger partial charge >= 0.3 is 6.18 Å². The zero-order valence-electron chi connectivity index (χ0n) is 19.7. The van der Waals surface area contributed by atoms with Crippen molar-refractivity contribution in [1.29, 1.82) is 0 Å². The summed E-state index contributed by atoms with van der Waals surface area (Å²) in [6.07, 6.45) is -2.14. The first-order valence-corrected chi connectivity index (χ1v) is 12.1. The van der Waals surface area contributed by atoms with Crippen LogP contribution in [0.25, 0.3) is 22.4 Å². The van der Waals surface area contributed by atoms with E-state index >= 15 is 0 Å². The van der Waals surface area contributed by atoms with Crippen molar-refractivity contribution in [2.75, 3.05) is 6.61 Å². The number of fused-ring (bicyclic) bond motifs is 1. The minimum atomic E-state index is -4.91. The number of hydrogen-bond acceptors (Lipinski definition) is 5. The molecule has 0 aliphatic heterocycles. The monoisotopic (exact) mass is 559 g/mol. The fraction of sp³-hybridized carbons (Fsp3) is 0.148. The number of benzene rings is 2. The molecule has 0 radical (unpaired) electrons. The van der Waals surface area contributed by atoms with Crippen LogP contribution in [-0.4, -0.2) is 26.9 Å². The van der Waals surface area contributed by atoms with Gasteiger partial charge in [0.15, 0.2) is 5.76 Å². The van der Waals surface area contributed by atoms with Gasteiger partial charge in [-0.2, -0.15) is 13.2 Å². The Morgan fingerprint density at radius 3 is 2.58 bits per heavy atom. The Kier molecular flexibility index (Phi) is 6.90. The van der Waals surface area contributed by atoms with Crippen LogP contribution < -0.4 is 4.74 Å². The molecule has 0 atom stereocenters. The summed E-state index contributed by atoms with van der Waals surface area (Å²) < 4.78 is 56.2. The van der Waals surface area contributed by atoms with Crippen LogP contribution in [0.2, 0.25) is 10.0 Å². The Morgan fingerprint density at radius 1 is 1.08 bits per heavy atom. The minimum absolute atomic E-state index is 0.0379. The number of oxazole rings is 1. The van der Waals surface area contributed by atoms with Gasteiger partial charge in [0.25, 0.3) is 11.7 Å². The Hall–Kier alpha value is -3.82. The molecule has 0 aliphatic rings. The van der Waals surface area contributed by atoms with E-state index in [1.54, 1.807) is 37.3 Å². The molecule has 2 aromatic carbocycles. The van der Waals surface area contributed by atoms with Crippen LogP contribution in [0, 0.1) is 0 Å². The van der Waals surface area contributed by atoms with Crippen LogP contribution in [0.1, 0.15) is 34.4 Å².